The molecule has 3 atom stereocenters. The highest BCUT2D eigenvalue weighted by atomic mass is 35.5. The summed E-state index contributed by atoms with van der Waals surface area (Å²) in [5.74, 6) is 1.98. The van der Waals surface area contributed by atoms with Gasteiger partial charge in [0.2, 0.25) is 0 Å². The number of piperidine rings is 1. The molecule has 4 aliphatic heterocycles. The topological polar surface area (TPSA) is 80.3 Å². The predicted molar refractivity (Wildman–Crippen MR) is 137 cm³/mol. The molecule has 0 aliphatic carbocycles. The molecule has 1 aromatic rings. The van der Waals surface area contributed by atoms with Crippen molar-refractivity contribution in [2.45, 2.75) is 51.6 Å². The van der Waals surface area contributed by atoms with Crippen LogP contribution in [0.2, 0.25) is 5.02 Å². The van der Waals surface area contributed by atoms with Gasteiger partial charge in [0.25, 0.3) is 5.91 Å². The number of anilines is 1. The maximum atomic E-state index is 13.8. The Morgan fingerprint density at radius 3 is 2.71 bits per heavy atom. The van der Waals surface area contributed by atoms with E-state index in [1.165, 1.54) is 17.8 Å². The van der Waals surface area contributed by atoms with Crippen LogP contribution in [0.1, 0.15) is 49.9 Å². The molecule has 0 spiro atoms. The van der Waals surface area contributed by atoms with Crippen LogP contribution in [0.4, 0.5) is 5.69 Å². The third-order valence-corrected chi connectivity index (χ3v) is 7.80. The second-order valence-electron chi connectivity index (χ2n) is 9.31. The van der Waals surface area contributed by atoms with Crippen molar-refractivity contribution in [1.29, 1.82) is 0 Å². The minimum atomic E-state index is -1.30. The zero-order valence-corrected chi connectivity index (χ0v) is 21.4. The number of nitrogens with one attached hydrogen (secondary N) is 2. The first-order valence-electron chi connectivity index (χ1n) is 11.8. The Hall–Kier alpha value is -2.36. The van der Waals surface area contributed by atoms with Crippen LogP contribution in [0.15, 0.2) is 46.5 Å². The zero-order valence-electron chi connectivity index (χ0n) is 19.8. The Bertz CT molecular complexity index is 1130. The van der Waals surface area contributed by atoms with Crippen molar-refractivity contribution in [2.24, 2.45) is 4.99 Å². The van der Waals surface area contributed by atoms with E-state index in [-0.39, 0.29) is 18.0 Å². The van der Waals surface area contributed by atoms with Gasteiger partial charge in [0.15, 0.2) is 0 Å². The van der Waals surface area contributed by atoms with Crippen LogP contribution >= 0.6 is 11.6 Å². The SMILES string of the molecule is CC1=NC2=CC(C3CCCCN3C(=O)c3cc(Cl)ccc3NS(C)=O)NN2C(N2CCC2)=C1C. The second-order valence-corrected chi connectivity index (χ2v) is 10.9. The molecule has 0 radical (unpaired) electrons. The van der Waals surface area contributed by atoms with Gasteiger partial charge in [-0.3, -0.25) is 4.79 Å². The monoisotopic (exact) mass is 502 g/mol. The lowest BCUT2D eigenvalue weighted by atomic mass is 9.94. The highest BCUT2D eigenvalue weighted by molar-refractivity contribution is 7.85. The Morgan fingerprint density at radius 1 is 1.21 bits per heavy atom. The summed E-state index contributed by atoms with van der Waals surface area (Å²) in [6, 6.07) is 5.02. The summed E-state index contributed by atoms with van der Waals surface area (Å²) in [5, 5.41) is 2.59. The van der Waals surface area contributed by atoms with Crippen LogP contribution in [0, 0.1) is 0 Å². The molecule has 10 heteroatoms. The van der Waals surface area contributed by atoms with Crippen molar-refractivity contribution in [3.8, 4) is 0 Å². The molecule has 0 saturated carbocycles. The number of hydrogen-bond donors (Lipinski definition) is 2. The van der Waals surface area contributed by atoms with Gasteiger partial charge in [-0.1, -0.05) is 11.6 Å². The molecule has 4 aliphatic rings. The molecule has 5 rings (SSSR count). The first kappa shape index (κ1) is 23.4. The van der Waals surface area contributed by atoms with Crippen molar-refractivity contribution in [3.63, 3.8) is 0 Å². The normalized spacial score (nSPS) is 25.5. The molecule has 2 saturated heterocycles. The van der Waals surface area contributed by atoms with E-state index in [4.69, 9.17) is 16.6 Å². The van der Waals surface area contributed by atoms with Crippen LogP contribution in [-0.4, -0.2) is 68.6 Å². The Kier molecular flexibility index (Phi) is 6.43. The Balaban J connectivity index is 1.43. The number of likely N-dealkylation sites (tertiary alicyclic amines) is 2. The van der Waals surface area contributed by atoms with Gasteiger partial charge in [0.05, 0.1) is 23.3 Å². The molecule has 0 aromatic heterocycles. The number of hydrogen-bond acceptors (Lipinski definition) is 6. The number of allylic oxidation sites excluding steroid dienone is 1. The summed E-state index contributed by atoms with van der Waals surface area (Å²) < 4.78 is 14.7. The number of carbonyl (C=O) groups is 1. The highest BCUT2D eigenvalue weighted by Gasteiger charge is 2.41. The van der Waals surface area contributed by atoms with E-state index in [1.54, 1.807) is 24.5 Å². The summed E-state index contributed by atoms with van der Waals surface area (Å²) in [4.78, 5) is 23.0. The van der Waals surface area contributed by atoms with E-state index in [9.17, 15) is 9.00 Å². The Labute approximate surface area is 208 Å². The van der Waals surface area contributed by atoms with Crippen molar-refractivity contribution >= 4 is 39.9 Å². The minimum absolute atomic E-state index is 0.0215. The number of fused-ring (bicyclic) bond motifs is 1. The molecule has 8 nitrogen and oxygen atoms in total. The highest BCUT2D eigenvalue weighted by Crippen LogP contribution is 2.35. The van der Waals surface area contributed by atoms with Crippen molar-refractivity contribution in [1.82, 2.24) is 20.2 Å². The quantitative estimate of drug-likeness (QED) is 0.644. The lowest BCUT2D eigenvalue weighted by molar-refractivity contribution is 0.0539. The van der Waals surface area contributed by atoms with E-state index in [0.29, 0.717) is 22.8 Å². The number of aliphatic imine (C=N–C) groups is 1. The summed E-state index contributed by atoms with van der Waals surface area (Å²) in [6.45, 7) is 6.95. The van der Waals surface area contributed by atoms with Gasteiger partial charge in [-0.05, 0) is 63.8 Å². The summed E-state index contributed by atoms with van der Waals surface area (Å²) >= 11 is 6.25. The van der Waals surface area contributed by atoms with E-state index in [1.807, 2.05) is 4.90 Å². The number of nitrogens with zero attached hydrogens (tertiary/aromatic N) is 4. The van der Waals surface area contributed by atoms with Crippen LogP contribution in [0.25, 0.3) is 0 Å². The van der Waals surface area contributed by atoms with Gasteiger partial charge < -0.3 is 14.5 Å². The molecule has 4 heterocycles. The number of benzene rings is 1. The van der Waals surface area contributed by atoms with Gasteiger partial charge in [0, 0.05) is 42.2 Å². The predicted octanol–water partition coefficient (Wildman–Crippen LogP) is 3.48. The summed E-state index contributed by atoms with van der Waals surface area (Å²) in [5.41, 5.74) is 6.86. The van der Waals surface area contributed by atoms with E-state index in [2.05, 4.69) is 40.0 Å². The standard InChI is InChI=1S/C24H31ClN6O2S/c1-15-16(2)26-22-14-20(27-31(22)23(15)29-10-6-11-29)21-7-4-5-12-30(21)24(32)18-13-17(25)8-9-19(18)28-34(3)33/h8-9,13-14,20-21,27-28H,4-7,10-12H2,1-3H3. The van der Waals surface area contributed by atoms with Crippen LogP contribution in [-0.2, 0) is 11.0 Å². The number of hydrazine groups is 1. The smallest absolute Gasteiger partial charge is 0.256 e. The average molecular weight is 503 g/mol. The lowest BCUT2D eigenvalue weighted by Gasteiger charge is -2.43. The molecular formula is C24H31ClN6O2S. The molecular weight excluding hydrogens is 472 g/mol. The van der Waals surface area contributed by atoms with Gasteiger partial charge in [0.1, 0.15) is 22.6 Å². The molecule has 2 fully saturated rings. The average Bonchev–Trinajstić information content (AvgIpc) is 3.19. The number of halogens is 1. The fourth-order valence-electron chi connectivity index (χ4n) is 5.11. The summed E-state index contributed by atoms with van der Waals surface area (Å²) in [6.07, 6.45) is 7.82. The third-order valence-electron chi connectivity index (χ3n) is 7.05. The largest absolute Gasteiger partial charge is 0.356 e. The van der Waals surface area contributed by atoms with Crippen molar-refractivity contribution in [2.75, 3.05) is 30.6 Å². The fourth-order valence-corrected chi connectivity index (χ4v) is 5.77. The number of amides is 1. The molecule has 34 heavy (non-hydrogen) atoms. The summed E-state index contributed by atoms with van der Waals surface area (Å²) in [7, 11) is -1.30. The molecule has 0 bridgehead atoms. The van der Waals surface area contributed by atoms with Crippen LogP contribution in [0.5, 0.6) is 0 Å². The fraction of sp³-hybridized carbons (Fsp3) is 0.500. The van der Waals surface area contributed by atoms with Crippen molar-refractivity contribution < 1.29 is 9.00 Å². The zero-order chi connectivity index (χ0) is 24.0. The second kappa shape index (κ2) is 9.36. The third kappa shape index (κ3) is 4.25. The van der Waals surface area contributed by atoms with Gasteiger partial charge in [-0.15, -0.1) is 0 Å². The number of carbonyl (C=O) groups excluding carboxylic acids is 1. The molecule has 1 aromatic carbocycles. The lowest BCUT2D eigenvalue weighted by Crippen LogP contribution is -2.56. The van der Waals surface area contributed by atoms with E-state index >= 15 is 0 Å². The van der Waals surface area contributed by atoms with Gasteiger partial charge >= 0.3 is 0 Å². The maximum Gasteiger partial charge on any atom is 0.256 e. The maximum absolute atomic E-state index is 13.8. The van der Waals surface area contributed by atoms with Crippen molar-refractivity contribution in [3.05, 3.63) is 52.1 Å². The minimum Gasteiger partial charge on any atom is -0.356 e. The first-order valence-corrected chi connectivity index (χ1v) is 13.8. The molecule has 2 N–H and O–H groups in total. The molecule has 3 unspecified atom stereocenters. The van der Waals surface area contributed by atoms with Crippen LogP contribution in [0.3, 0.4) is 0 Å². The molecule has 1 amide bonds. The van der Waals surface area contributed by atoms with E-state index < -0.39 is 11.0 Å². The Morgan fingerprint density at radius 2 is 2.00 bits per heavy atom. The first-order chi connectivity index (χ1) is 16.3. The molecule has 182 valence electrons. The van der Waals surface area contributed by atoms with Crippen LogP contribution < -0.4 is 10.1 Å². The van der Waals surface area contributed by atoms with Gasteiger partial charge in [-0.25, -0.2) is 19.6 Å². The van der Waals surface area contributed by atoms with E-state index in [0.717, 1.165) is 43.9 Å². The van der Waals surface area contributed by atoms with Gasteiger partial charge in [-0.2, -0.15) is 0 Å². The number of rotatable bonds is 5.